The number of nitrogens with zero attached hydrogens (tertiary/aromatic N) is 2. The Hall–Kier alpha value is -0.830. The number of aromatic nitrogens is 1. The maximum Gasteiger partial charge on any atom is 0.185 e. The Kier molecular flexibility index (Phi) is 4.33. The molecule has 1 unspecified atom stereocenters. The summed E-state index contributed by atoms with van der Waals surface area (Å²) in [5, 5.41) is 21.6. The minimum absolute atomic E-state index is 0.0246. The van der Waals surface area contributed by atoms with Crippen LogP contribution < -0.4 is 5.32 Å². The lowest BCUT2D eigenvalue weighted by Gasteiger charge is -2.18. The summed E-state index contributed by atoms with van der Waals surface area (Å²) >= 11 is 6.92. The van der Waals surface area contributed by atoms with E-state index < -0.39 is 0 Å². The lowest BCUT2D eigenvalue weighted by molar-refractivity contribution is 0.249. The van der Waals surface area contributed by atoms with E-state index in [-0.39, 0.29) is 23.7 Å². The summed E-state index contributed by atoms with van der Waals surface area (Å²) < 4.78 is 0. The van der Waals surface area contributed by atoms with Gasteiger partial charge in [0.2, 0.25) is 0 Å². The van der Waals surface area contributed by atoms with Crippen LogP contribution in [0.5, 0.6) is 0 Å². The number of aliphatic hydroxyl groups is 1. The zero-order chi connectivity index (χ0) is 11.4. The van der Waals surface area contributed by atoms with Gasteiger partial charge in [-0.15, -0.1) is 0 Å². The molecule has 82 valence electrons. The number of halogens is 1. The van der Waals surface area contributed by atoms with Crippen molar-refractivity contribution >= 4 is 28.1 Å². The van der Waals surface area contributed by atoms with E-state index in [9.17, 15) is 0 Å². The lowest BCUT2D eigenvalue weighted by Crippen LogP contribution is -2.29. The van der Waals surface area contributed by atoms with E-state index in [1.165, 1.54) is 11.3 Å². The third-order valence-corrected chi connectivity index (χ3v) is 3.27. The highest BCUT2D eigenvalue weighted by atomic mass is 35.5. The van der Waals surface area contributed by atoms with Crippen LogP contribution in [0.2, 0.25) is 5.15 Å². The first-order chi connectivity index (χ1) is 7.08. The number of anilines is 1. The highest BCUT2D eigenvalue weighted by Gasteiger charge is 2.15. The monoisotopic (exact) mass is 245 g/mol. The number of thiazole rings is 1. The first-order valence-corrected chi connectivity index (χ1v) is 5.71. The predicted octanol–water partition coefficient (Wildman–Crippen LogP) is 2.10. The lowest BCUT2D eigenvalue weighted by atomic mass is 10.1. The number of hydrogen-bond acceptors (Lipinski definition) is 5. The van der Waals surface area contributed by atoms with Gasteiger partial charge in [0.25, 0.3) is 0 Å². The predicted molar refractivity (Wildman–Crippen MR) is 61.2 cm³/mol. The summed E-state index contributed by atoms with van der Waals surface area (Å²) in [4.78, 5) is 4.38. The molecule has 1 heterocycles. The molecule has 0 aliphatic rings. The highest BCUT2D eigenvalue weighted by molar-refractivity contribution is 7.16. The van der Waals surface area contributed by atoms with Crippen molar-refractivity contribution in [3.05, 3.63) is 10.0 Å². The van der Waals surface area contributed by atoms with Crippen molar-refractivity contribution in [3.8, 4) is 6.07 Å². The minimum Gasteiger partial charge on any atom is -0.394 e. The van der Waals surface area contributed by atoms with Crippen molar-refractivity contribution in [2.45, 2.75) is 19.9 Å². The van der Waals surface area contributed by atoms with Crippen molar-refractivity contribution < 1.29 is 5.11 Å². The number of rotatable bonds is 4. The van der Waals surface area contributed by atoms with Gasteiger partial charge in [-0.2, -0.15) is 5.26 Å². The van der Waals surface area contributed by atoms with Gasteiger partial charge in [-0.05, 0) is 5.92 Å². The van der Waals surface area contributed by atoms with Crippen LogP contribution in [0, 0.1) is 17.2 Å². The Balaban J connectivity index is 2.76. The van der Waals surface area contributed by atoms with Crippen LogP contribution >= 0.6 is 22.9 Å². The maximum atomic E-state index is 9.11. The first-order valence-electron chi connectivity index (χ1n) is 4.52. The topological polar surface area (TPSA) is 68.9 Å². The van der Waals surface area contributed by atoms with Crippen molar-refractivity contribution in [2.75, 3.05) is 11.9 Å². The van der Waals surface area contributed by atoms with Crippen LogP contribution in [-0.2, 0) is 0 Å². The van der Waals surface area contributed by atoms with Crippen molar-refractivity contribution in [2.24, 2.45) is 5.92 Å². The van der Waals surface area contributed by atoms with Crippen LogP contribution in [0.3, 0.4) is 0 Å². The van der Waals surface area contributed by atoms with E-state index >= 15 is 0 Å². The second-order valence-corrected chi connectivity index (χ2v) is 4.79. The zero-order valence-corrected chi connectivity index (χ0v) is 10.1. The molecular formula is C9H12ClN3OS. The fourth-order valence-corrected chi connectivity index (χ4v) is 2.02. The average molecular weight is 246 g/mol. The molecule has 0 aromatic carbocycles. The molecule has 0 fully saturated rings. The van der Waals surface area contributed by atoms with Crippen LogP contribution in [-0.4, -0.2) is 22.7 Å². The van der Waals surface area contributed by atoms with Crippen LogP contribution in [0.1, 0.15) is 18.7 Å². The van der Waals surface area contributed by atoms with E-state index in [0.29, 0.717) is 10.0 Å². The molecule has 2 N–H and O–H groups in total. The molecule has 4 nitrogen and oxygen atoms in total. The second-order valence-electron chi connectivity index (χ2n) is 3.43. The Labute approximate surface area is 97.5 Å². The fourth-order valence-electron chi connectivity index (χ4n) is 1.01. The van der Waals surface area contributed by atoms with Crippen molar-refractivity contribution in [1.29, 1.82) is 5.26 Å². The molecule has 6 heteroatoms. The molecular weight excluding hydrogens is 234 g/mol. The SMILES string of the molecule is CC(C)C(CO)Nc1nc(Cl)c(C#N)s1. The van der Waals surface area contributed by atoms with Crippen LogP contribution in [0.15, 0.2) is 0 Å². The number of aliphatic hydroxyl groups excluding tert-OH is 1. The Bertz CT molecular complexity index is 372. The third kappa shape index (κ3) is 3.06. The van der Waals surface area contributed by atoms with Gasteiger partial charge in [0, 0.05) is 0 Å². The van der Waals surface area contributed by atoms with Gasteiger partial charge < -0.3 is 10.4 Å². The number of nitrogens with one attached hydrogen (secondary N) is 1. The number of hydrogen-bond donors (Lipinski definition) is 2. The summed E-state index contributed by atoms with van der Waals surface area (Å²) in [6.45, 7) is 4.01. The summed E-state index contributed by atoms with van der Waals surface area (Å²) in [5.74, 6) is 0.281. The largest absolute Gasteiger partial charge is 0.394 e. The van der Waals surface area contributed by atoms with Gasteiger partial charge in [0.1, 0.15) is 10.9 Å². The van der Waals surface area contributed by atoms with E-state index in [4.69, 9.17) is 22.0 Å². The van der Waals surface area contributed by atoms with E-state index in [2.05, 4.69) is 10.3 Å². The molecule has 0 saturated heterocycles. The highest BCUT2D eigenvalue weighted by Crippen LogP contribution is 2.26. The van der Waals surface area contributed by atoms with Gasteiger partial charge in [-0.3, -0.25) is 0 Å². The molecule has 0 aliphatic heterocycles. The van der Waals surface area contributed by atoms with Crippen molar-refractivity contribution in [3.63, 3.8) is 0 Å². The van der Waals surface area contributed by atoms with Gasteiger partial charge >= 0.3 is 0 Å². The Morgan fingerprint density at radius 2 is 2.33 bits per heavy atom. The van der Waals surface area contributed by atoms with Crippen LogP contribution in [0.25, 0.3) is 0 Å². The van der Waals surface area contributed by atoms with Gasteiger partial charge in [-0.25, -0.2) is 4.98 Å². The third-order valence-electron chi connectivity index (χ3n) is 2.00. The molecule has 0 spiro atoms. The summed E-state index contributed by atoms with van der Waals surface area (Å²) in [6, 6.07) is 1.89. The quantitative estimate of drug-likeness (QED) is 0.852. The summed E-state index contributed by atoms with van der Waals surface area (Å²) in [6.07, 6.45) is 0. The normalized spacial score (nSPS) is 12.5. The molecule has 0 saturated carbocycles. The second kappa shape index (κ2) is 5.31. The standard InChI is InChI=1S/C9H12ClN3OS/c1-5(2)6(4-14)12-9-13-8(10)7(3-11)15-9/h5-6,14H,4H2,1-2H3,(H,12,13). The fraction of sp³-hybridized carbons (Fsp3) is 0.556. The van der Waals surface area contributed by atoms with E-state index in [1.54, 1.807) is 0 Å². The molecule has 1 aromatic rings. The zero-order valence-electron chi connectivity index (χ0n) is 8.49. The van der Waals surface area contributed by atoms with Gasteiger partial charge in [0.05, 0.1) is 12.6 Å². The molecule has 0 aliphatic carbocycles. The van der Waals surface area contributed by atoms with Crippen molar-refractivity contribution in [1.82, 2.24) is 4.98 Å². The Morgan fingerprint density at radius 1 is 1.67 bits per heavy atom. The summed E-state index contributed by atoms with van der Waals surface area (Å²) in [5.41, 5.74) is 0. The first kappa shape index (κ1) is 12.2. The molecule has 1 aromatic heterocycles. The summed E-state index contributed by atoms with van der Waals surface area (Å²) in [7, 11) is 0. The van der Waals surface area contributed by atoms with E-state index in [1.807, 2.05) is 19.9 Å². The van der Waals surface area contributed by atoms with Crippen LogP contribution in [0.4, 0.5) is 5.13 Å². The molecule has 0 bridgehead atoms. The minimum atomic E-state index is -0.0706. The van der Waals surface area contributed by atoms with E-state index in [0.717, 1.165) is 0 Å². The molecule has 1 atom stereocenters. The smallest absolute Gasteiger partial charge is 0.185 e. The molecule has 1 rings (SSSR count). The Morgan fingerprint density at radius 3 is 2.73 bits per heavy atom. The molecule has 0 amide bonds. The van der Waals surface area contributed by atoms with Gasteiger partial charge in [-0.1, -0.05) is 36.8 Å². The van der Waals surface area contributed by atoms with Gasteiger partial charge in [0.15, 0.2) is 10.3 Å². The number of nitriles is 1. The average Bonchev–Trinajstić information content (AvgIpc) is 2.54. The molecule has 0 radical (unpaired) electrons. The maximum absolute atomic E-state index is 9.11. The molecule has 15 heavy (non-hydrogen) atoms.